The van der Waals surface area contributed by atoms with Crippen molar-refractivity contribution >= 4 is 5.65 Å². The van der Waals surface area contributed by atoms with Crippen molar-refractivity contribution in [1.29, 1.82) is 0 Å². The monoisotopic (exact) mass is 184 g/mol. The summed E-state index contributed by atoms with van der Waals surface area (Å²) in [5.41, 5.74) is 2.79. The van der Waals surface area contributed by atoms with Crippen LogP contribution in [0.15, 0.2) is 42.9 Å². The average Bonchev–Trinajstić information content (AvgIpc) is 2.88. The van der Waals surface area contributed by atoms with E-state index in [0.29, 0.717) is 0 Å². The molecular formula is C10H8N4. The van der Waals surface area contributed by atoms with E-state index >= 15 is 0 Å². The summed E-state index contributed by atoms with van der Waals surface area (Å²) in [6.45, 7) is 0. The van der Waals surface area contributed by atoms with Crippen LogP contribution < -0.4 is 0 Å². The van der Waals surface area contributed by atoms with Crippen LogP contribution in [-0.2, 0) is 0 Å². The molecule has 3 aromatic rings. The average molecular weight is 184 g/mol. The topological polar surface area (TPSA) is 46.0 Å². The van der Waals surface area contributed by atoms with Crippen LogP contribution in [0, 0.1) is 0 Å². The van der Waals surface area contributed by atoms with Crippen molar-refractivity contribution in [2.45, 2.75) is 0 Å². The van der Waals surface area contributed by atoms with E-state index in [4.69, 9.17) is 0 Å². The molecule has 3 aromatic heterocycles. The second-order valence-corrected chi connectivity index (χ2v) is 3.03. The standard InChI is InChI=1S/C10H8N4/c1-2-8(11-5-1)9-3-4-10-12-6-7-14(10)13-9/h1-7,11H. The first-order valence-electron chi connectivity index (χ1n) is 4.38. The summed E-state index contributed by atoms with van der Waals surface area (Å²) < 4.78 is 1.76. The van der Waals surface area contributed by atoms with E-state index in [-0.39, 0.29) is 0 Å². The van der Waals surface area contributed by atoms with E-state index in [0.717, 1.165) is 17.0 Å². The van der Waals surface area contributed by atoms with E-state index < -0.39 is 0 Å². The summed E-state index contributed by atoms with van der Waals surface area (Å²) in [6, 6.07) is 7.84. The highest BCUT2D eigenvalue weighted by molar-refractivity contribution is 5.55. The lowest BCUT2D eigenvalue weighted by Gasteiger charge is -1.97. The molecule has 0 amide bonds. The lowest BCUT2D eigenvalue weighted by atomic mass is 10.3. The lowest BCUT2D eigenvalue weighted by molar-refractivity contribution is 0.939. The minimum atomic E-state index is 0.861. The van der Waals surface area contributed by atoms with Gasteiger partial charge in [-0.05, 0) is 24.3 Å². The van der Waals surface area contributed by atoms with Gasteiger partial charge in [-0.2, -0.15) is 5.10 Å². The number of H-pyrrole nitrogens is 1. The van der Waals surface area contributed by atoms with Gasteiger partial charge in [0.25, 0.3) is 0 Å². The fraction of sp³-hybridized carbons (Fsp3) is 0. The van der Waals surface area contributed by atoms with Gasteiger partial charge in [0.15, 0.2) is 5.65 Å². The van der Waals surface area contributed by atoms with E-state index in [1.54, 1.807) is 10.7 Å². The van der Waals surface area contributed by atoms with Gasteiger partial charge in [-0.25, -0.2) is 9.50 Å². The molecule has 0 saturated heterocycles. The van der Waals surface area contributed by atoms with Crippen LogP contribution in [0.5, 0.6) is 0 Å². The van der Waals surface area contributed by atoms with Crippen molar-refractivity contribution in [3.63, 3.8) is 0 Å². The highest BCUT2D eigenvalue weighted by atomic mass is 15.2. The summed E-state index contributed by atoms with van der Waals surface area (Å²) in [5.74, 6) is 0. The van der Waals surface area contributed by atoms with Crippen molar-refractivity contribution in [3.05, 3.63) is 42.9 Å². The number of aromatic nitrogens is 4. The Labute approximate surface area is 80.2 Å². The van der Waals surface area contributed by atoms with Crippen LogP contribution in [-0.4, -0.2) is 19.6 Å². The van der Waals surface area contributed by atoms with Gasteiger partial charge in [-0.15, -0.1) is 0 Å². The molecule has 4 heteroatoms. The van der Waals surface area contributed by atoms with Gasteiger partial charge in [0, 0.05) is 18.6 Å². The van der Waals surface area contributed by atoms with E-state index in [1.807, 2.05) is 36.7 Å². The lowest BCUT2D eigenvalue weighted by Crippen LogP contribution is -1.92. The molecule has 14 heavy (non-hydrogen) atoms. The fourth-order valence-electron chi connectivity index (χ4n) is 1.45. The molecule has 4 nitrogen and oxygen atoms in total. The van der Waals surface area contributed by atoms with Gasteiger partial charge in [0.1, 0.15) is 5.69 Å². The summed E-state index contributed by atoms with van der Waals surface area (Å²) in [4.78, 5) is 7.25. The molecule has 3 heterocycles. The maximum Gasteiger partial charge on any atom is 0.153 e. The maximum absolute atomic E-state index is 4.40. The normalized spacial score (nSPS) is 10.9. The zero-order valence-electron chi connectivity index (χ0n) is 7.38. The summed E-state index contributed by atoms with van der Waals surface area (Å²) in [6.07, 6.45) is 5.46. The number of fused-ring (bicyclic) bond motifs is 1. The molecule has 0 fully saturated rings. The first kappa shape index (κ1) is 7.32. The Morgan fingerprint density at radius 3 is 3.07 bits per heavy atom. The van der Waals surface area contributed by atoms with Gasteiger partial charge in [0.2, 0.25) is 0 Å². The van der Waals surface area contributed by atoms with E-state index in [9.17, 15) is 0 Å². The number of aromatic amines is 1. The predicted octanol–water partition coefficient (Wildman–Crippen LogP) is 1.72. The molecule has 0 atom stereocenters. The quantitative estimate of drug-likeness (QED) is 0.626. The molecule has 0 aromatic carbocycles. The predicted molar refractivity (Wildman–Crippen MR) is 52.8 cm³/mol. The Hall–Kier alpha value is -2.10. The molecule has 68 valence electrons. The summed E-state index contributed by atoms with van der Waals surface area (Å²) in [7, 11) is 0. The fourth-order valence-corrected chi connectivity index (χ4v) is 1.45. The first-order valence-corrected chi connectivity index (χ1v) is 4.38. The molecular weight excluding hydrogens is 176 g/mol. The number of hydrogen-bond acceptors (Lipinski definition) is 2. The van der Waals surface area contributed by atoms with E-state index in [2.05, 4.69) is 15.1 Å². The second kappa shape index (κ2) is 2.70. The summed E-state index contributed by atoms with van der Waals surface area (Å²) >= 11 is 0. The van der Waals surface area contributed by atoms with Gasteiger partial charge < -0.3 is 4.98 Å². The molecule has 0 saturated carbocycles. The third-order valence-corrected chi connectivity index (χ3v) is 2.13. The number of imidazole rings is 1. The van der Waals surface area contributed by atoms with Gasteiger partial charge in [0.05, 0.1) is 5.69 Å². The number of nitrogens with one attached hydrogen (secondary N) is 1. The van der Waals surface area contributed by atoms with E-state index in [1.165, 1.54) is 0 Å². The molecule has 0 radical (unpaired) electrons. The van der Waals surface area contributed by atoms with Crippen molar-refractivity contribution in [2.75, 3.05) is 0 Å². The van der Waals surface area contributed by atoms with Gasteiger partial charge >= 0.3 is 0 Å². The largest absolute Gasteiger partial charge is 0.360 e. The molecule has 0 spiro atoms. The zero-order valence-corrected chi connectivity index (χ0v) is 7.38. The molecule has 3 rings (SSSR count). The summed E-state index contributed by atoms with van der Waals surface area (Å²) in [5, 5.41) is 4.40. The Morgan fingerprint density at radius 2 is 2.21 bits per heavy atom. The molecule has 0 aliphatic rings. The molecule has 1 N–H and O–H groups in total. The third-order valence-electron chi connectivity index (χ3n) is 2.13. The van der Waals surface area contributed by atoms with Crippen molar-refractivity contribution in [3.8, 4) is 11.4 Å². The Bertz CT molecular complexity index is 550. The van der Waals surface area contributed by atoms with Crippen molar-refractivity contribution in [2.24, 2.45) is 0 Å². The zero-order chi connectivity index (χ0) is 9.38. The van der Waals surface area contributed by atoms with Crippen LogP contribution in [0.25, 0.3) is 17.0 Å². The molecule has 0 aliphatic heterocycles. The van der Waals surface area contributed by atoms with Crippen molar-refractivity contribution < 1.29 is 0 Å². The van der Waals surface area contributed by atoms with Crippen LogP contribution in [0.3, 0.4) is 0 Å². The molecule has 0 bridgehead atoms. The van der Waals surface area contributed by atoms with Gasteiger partial charge in [-0.1, -0.05) is 0 Å². The first-order chi connectivity index (χ1) is 6.93. The van der Waals surface area contributed by atoms with Gasteiger partial charge in [-0.3, -0.25) is 0 Å². The maximum atomic E-state index is 4.40. The van der Waals surface area contributed by atoms with Crippen LogP contribution in [0.4, 0.5) is 0 Å². The highest BCUT2D eigenvalue weighted by Gasteiger charge is 2.01. The Kier molecular flexibility index (Phi) is 1.41. The Morgan fingerprint density at radius 1 is 1.21 bits per heavy atom. The Balaban J connectivity index is 2.23. The smallest absolute Gasteiger partial charge is 0.153 e. The van der Waals surface area contributed by atoms with Crippen LogP contribution in [0.2, 0.25) is 0 Å². The van der Waals surface area contributed by atoms with Crippen LogP contribution >= 0.6 is 0 Å². The van der Waals surface area contributed by atoms with Crippen molar-refractivity contribution in [1.82, 2.24) is 19.6 Å². The minimum absolute atomic E-state index is 0.861. The second-order valence-electron chi connectivity index (χ2n) is 3.03. The third kappa shape index (κ3) is 1.01. The highest BCUT2D eigenvalue weighted by Crippen LogP contribution is 2.13. The molecule has 0 unspecified atom stereocenters. The SMILES string of the molecule is c1c[nH]c(-c2ccc3nccn3n2)c1. The number of hydrogen-bond donors (Lipinski definition) is 1. The molecule has 0 aliphatic carbocycles. The van der Waals surface area contributed by atoms with Crippen LogP contribution in [0.1, 0.15) is 0 Å². The number of rotatable bonds is 1. The minimum Gasteiger partial charge on any atom is -0.360 e. The number of nitrogens with zero attached hydrogens (tertiary/aromatic N) is 3.